The molecule has 0 amide bonds. The summed E-state index contributed by atoms with van der Waals surface area (Å²) >= 11 is 0. The standard InChI is InChI=1S/C18H12F3NO3/c1-10-16(22-25-17(10)11-2-5-13(19)6-3-11)9-24-18(23)12-4-7-14(20)15(21)8-12/h2-8H,9H2,1H3. The molecule has 0 fully saturated rings. The van der Waals surface area contributed by atoms with Crippen molar-refractivity contribution in [3.05, 3.63) is 76.7 Å². The van der Waals surface area contributed by atoms with Crippen LogP contribution in [0.4, 0.5) is 13.2 Å². The lowest BCUT2D eigenvalue weighted by atomic mass is 10.1. The van der Waals surface area contributed by atoms with Crippen LogP contribution in [-0.4, -0.2) is 11.1 Å². The minimum Gasteiger partial charge on any atom is -0.455 e. The molecule has 0 atom stereocenters. The lowest BCUT2D eigenvalue weighted by Gasteiger charge is -2.04. The van der Waals surface area contributed by atoms with E-state index in [0.717, 1.165) is 18.2 Å². The average Bonchev–Trinajstić information content (AvgIpc) is 2.96. The summed E-state index contributed by atoms with van der Waals surface area (Å²) in [6.07, 6.45) is 0. The maximum Gasteiger partial charge on any atom is 0.338 e. The van der Waals surface area contributed by atoms with Crippen molar-refractivity contribution in [1.29, 1.82) is 0 Å². The Labute approximate surface area is 140 Å². The van der Waals surface area contributed by atoms with E-state index < -0.39 is 17.6 Å². The Balaban J connectivity index is 1.72. The molecule has 0 N–H and O–H groups in total. The van der Waals surface area contributed by atoms with E-state index in [2.05, 4.69) is 5.16 Å². The first-order chi connectivity index (χ1) is 12.0. The smallest absolute Gasteiger partial charge is 0.338 e. The highest BCUT2D eigenvalue weighted by molar-refractivity contribution is 5.89. The quantitative estimate of drug-likeness (QED) is 0.656. The largest absolute Gasteiger partial charge is 0.455 e. The lowest BCUT2D eigenvalue weighted by Crippen LogP contribution is -2.07. The molecule has 1 heterocycles. The van der Waals surface area contributed by atoms with E-state index >= 15 is 0 Å². The number of aromatic nitrogens is 1. The first-order valence-corrected chi connectivity index (χ1v) is 7.29. The van der Waals surface area contributed by atoms with E-state index in [1.54, 1.807) is 19.1 Å². The summed E-state index contributed by atoms with van der Waals surface area (Å²) in [5, 5.41) is 3.83. The highest BCUT2D eigenvalue weighted by atomic mass is 19.2. The molecule has 25 heavy (non-hydrogen) atoms. The molecule has 0 bridgehead atoms. The van der Waals surface area contributed by atoms with E-state index in [4.69, 9.17) is 9.26 Å². The minimum absolute atomic E-state index is 0.112. The molecule has 0 radical (unpaired) electrons. The molecular formula is C18H12F3NO3. The van der Waals surface area contributed by atoms with Crippen molar-refractivity contribution in [1.82, 2.24) is 5.16 Å². The van der Waals surface area contributed by atoms with Gasteiger partial charge < -0.3 is 9.26 Å². The van der Waals surface area contributed by atoms with Gasteiger partial charge in [-0.05, 0) is 49.4 Å². The highest BCUT2D eigenvalue weighted by Crippen LogP contribution is 2.26. The second-order valence-electron chi connectivity index (χ2n) is 5.30. The van der Waals surface area contributed by atoms with E-state index in [-0.39, 0.29) is 18.0 Å². The molecule has 3 aromatic rings. The normalized spacial score (nSPS) is 10.7. The Kier molecular flexibility index (Phi) is 4.56. The van der Waals surface area contributed by atoms with Gasteiger partial charge in [-0.15, -0.1) is 0 Å². The van der Waals surface area contributed by atoms with Crippen LogP contribution in [0, 0.1) is 24.4 Å². The van der Waals surface area contributed by atoms with E-state index in [9.17, 15) is 18.0 Å². The van der Waals surface area contributed by atoms with Crippen LogP contribution in [0.25, 0.3) is 11.3 Å². The molecule has 0 saturated heterocycles. The fourth-order valence-corrected chi connectivity index (χ4v) is 2.21. The molecule has 7 heteroatoms. The predicted octanol–water partition coefficient (Wildman–Crippen LogP) is 4.42. The summed E-state index contributed by atoms with van der Waals surface area (Å²) in [6, 6.07) is 8.40. The molecule has 0 spiro atoms. The first kappa shape index (κ1) is 16.8. The molecular weight excluding hydrogens is 335 g/mol. The van der Waals surface area contributed by atoms with Gasteiger partial charge in [-0.1, -0.05) is 5.16 Å². The Hall–Kier alpha value is -3.09. The number of benzene rings is 2. The SMILES string of the molecule is Cc1c(COC(=O)c2ccc(F)c(F)c2)noc1-c1ccc(F)cc1. The Morgan fingerprint density at radius 3 is 2.48 bits per heavy atom. The zero-order chi connectivity index (χ0) is 18.0. The molecule has 0 aliphatic carbocycles. The van der Waals surface area contributed by atoms with Crippen molar-refractivity contribution < 1.29 is 27.2 Å². The second-order valence-corrected chi connectivity index (χ2v) is 5.30. The number of carbonyl (C=O) groups is 1. The Morgan fingerprint density at radius 2 is 1.80 bits per heavy atom. The Bertz CT molecular complexity index is 920. The third-order valence-electron chi connectivity index (χ3n) is 3.62. The number of ether oxygens (including phenoxy) is 1. The van der Waals surface area contributed by atoms with Crippen molar-refractivity contribution in [2.24, 2.45) is 0 Å². The van der Waals surface area contributed by atoms with Gasteiger partial charge in [0.2, 0.25) is 0 Å². The van der Waals surface area contributed by atoms with Gasteiger partial charge in [0, 0.05) is 11.1 Å². The van der Waals surface area contributed by atoms with Gasteiger partial charge >= 0.3 is 5.97 Å². The van der Waals surface area contributed by atoms with Crippen molar-refractivity contribution in [2.45, 2.75) is 13.5 Å². The molecule has 2 aromatic carbocycles. The maximum atomic E-state index is 13.1. The molecule has 0 unspecified atom stereocenters. The number of esters is 1. The molecule has 0 aliphatic rings. The van der Waals surface area contributed by atoms with Crippen LogP contribution < -0.4 is 0 Å². The van der Waals surface area contributed by atoms with Crippen LogP contribution in [0.15, 0.2) is 47.0 Å². The van der Waals surface area contributed by atoms with Gasteiger partial charge in [0.25, 0.3) is 0 Å². The number of rotatable bonds is 4. The fraction of sp³-hybridized carbons (Fsp3) is 0.111. The number of halogens is 3. The van der Waals surface area contributed by atoms with E-state index in [1.807, 2.05) is 0 Å². The average molecular weight is 347 g/mol. The van der Waals surface area contributed by atoms with Crippen molar-refractivity contribution in [3.8, 4) is 11.3 Å². The van der Waals surface area contributed by atoms with Crippen LogP contribution in [0.2, 0.25) is 0 Å². The summed E-state index contributed by atoms with van der Waals surface area (Å²) in [5.41, 5.74) is 1.52. The molecule has 4 nitrogen and oxygen atoms in total. The van der Waals surface area contributed by atoms with Gasteiger partial charge in [-0.2, -0.15) is 0 Å². The van der Waals surface area contributed by atoms with E-state index in [0.29, 0.717) is 22.6 Å². The van der Waals surface area contributed by atoms with Gasteiger partial charge in [0.05, 0.1) is 5.56 Å². The summed E-state index contributed by atoms with van der Waals surface area (Å²) < 4.78 is 49.3. The van der Waals surface area contributed by atoms with Gasteiger partial charge in [0.15, 0.2) is 17.4 Å². The topological polar surface area (TPSA) is 52.3 Å². The number of hydrogen-bond donors (Lipinski definition) is 0. The molecule has 128 valence electrons. The Morgan fingerprint density at radius 1 is 1.08 bits per heavy atom. The molecule has 3 rings (SSSR count). The van der Waals surface area contributed by atoms with Gasteiger partial charge in [0.1, 0.15) is 18.1 Å². The van der Waals surface area contributed by atoms with Crippen molar-refractivity contribution in [3.63, 3.8) is 0 Å². The number of nitrogens with zero attached hydrogens (tertiary/aromatic N) is 1. The number of hydrogen-bond acceptors (Lipinski definition) is 4. The second kappa shape index (κ2) is 6.80. The lowest BCUT2D eigenvalue weighted by molar-refractivity contribution is 0.0463. The van der Waals surface area contributed by atoms with Gasteiger partial charge in [-0.25, -0.2) is 18.0 Å². The molecule has 0 saturated carbocycles. The minimum atomic E-state index is -1.13. The zero-order valence-corrected chi connectivity index (χ0v) is 13.1. The van der Waals surface area contributed by atoms with Gasteiger partial charge in [-0.3, -0.25) is 0 Å². The zero-order valence-electron chi connectivity index (χ0n) is 13.1. The summed E-state index contributed by atoms with van der Waals surface area (Å²) in [7, 11) is 0. The summed E-state index contributed by atoms with van der Waals surface area (Å²) in [4.78, 5) is 11.9. The highest BCUT2D eigenvalue weighted by Gasteiger charge is 2.17. The maximum absolute atomic E-state index is 13.1. The van der Waals surface area contributed by atoms with Crippen LogP contribution in [0.5, 0.6) is 0 Å². The summed E-state index contributed by atoms with van der Waals surface area (Å²) in [6.45, 7) is 1.52. The molecule has 0 aliphatic heterocycles. The van der Waals surface area contributed by atoms with Crippen LogP contribution in [0.1, 0.15) is 21.6 Å². The van der Waals surface area contributed by atoms with Crippen LogP contribution >= 0.6 is 0 Å². The molecule has 1 aromatic heterocycles. The van der Waals surface area contributed by atoms with E-state index in [1.165, 1.54) is 12.1 Å². The van der Waals surface area contributed by atoms with Crippen LogP contribution in [0.3, 0.4) is 0 Å². The third kappa shape index (κ3) is 3.55. The predicted molar refractivity (Wildman–Crippen MR) is 82.1 cm³/mol. The third-order valence-corrected chi connectivity index (χ3v) is 3.62. The summed E-state index contributed by atoms with van der Waals surface area (Å²) in [5.74, 6) is -2.94. The first-order valence-electron chi connectivity index (χ1n) is 7.29. The van der Waals surface area contributed by atoms with Crippen molar-refractivity contribution in [2.75, 3.05) is 0 Å². The fourth-order valence-electron chi connectivity index (χ4n) is 2.21. The number of carbonyl (C=O) groups excluding carboxylic acids is 1. The monoisotopic (exact) mass is 347 g/mol. The van der Waals surface area contributed by atoms with Crippen LogP contribution in [-0.2, 0) is 11.3 Å². The van der Waals surface area contributed by atoms with Crippen molar-refractivity contribution >= 4 is 5.97 Å².